The Labute approximate surface area is 103 Å². The Bertz CT molecular complexity index is 231. The maximum absolute atomic E-state index is 5.10. The van der Waals surface area contributed by atoms with Gasteiger partial charge in [-0.05, 0) is 18.3 Å². The zero-order valence-corrected chi connectivity index (χ0v) is 11.6. The molecule has 1 aliphatic rings. The molecule has 0 aromatic carbocycles. The SMILES string of the molecule is COCC(C)CN=C1NC(CC(C)C)CS1. The Morgan fingerprint density at radius 2 is 2.25 bits per heavy atom. The monoisotopic (exact) mass is 244 g/mol. The maximum Gasteiger partial charge on any atom is 0.156 e. The van der Waals surface area contributed by atoms with E-state index in [4.69, 9.17) is 4.74 Å². The molecular formula is C12H24N2OS. The summed E-state index contributed by atoms with van der Waals surface area (Å²) in [5.41, 5.74) is 0. The number of nitrogens with one attached hydrogen (secondary N) is 1. The van der Waals surface area contributed by atoms with Gasteiger partial charge in [0.15, 0.2) is 5.17 Å². The molecule has 0 bridgehead atoms. The maximum atomic E-state index is 5.10. The zero-order valence-electron chi connectivity index (χ0n) is 10.8. The summed E-state index contributed by atoms with van der Waals surface area (Å²) in [5.74, 6) is 2.42. The van der Waals surface area contributed by atoms with Crippen molar-refractivity contribution in [3.8, 4) is 0 Å². The van der Waals surface area contributed by atoms with E-state index < -0.39 is 0 Å². The number of ether oxygens (including phenoxy) is 1. The fraction of sp³-hybridized carbons (Fsp3) is 0.917. The predicted octanol–water partition coefficient (Wildman–Crippen LogP) is 2.38. The molecular weight excluding hydrogens is 220 g/mol. The third-order valence-electron chi connectivity index (χ3n) is 2.50. The average molecular weight is 244 g/mol. The first-order valence-corrected chi connectivity index (χ1v) is 7.03. The molecule has 0 spiro atoms. The van der Waals surface area contributed by atoms with Crippen LogP contribution >= 0.6 is 11.8 Å². The summed E-state index contributed by atoms with van der Waals surface area (Å²) in [6.45, 7) is 8.34. The normalized spacial score (nSPS) is 25.1. The van der Waals surface area contributed by atoms with Crippen LogP contribution in [0.4, 0.5) is 0 Å². The highest BCUT2D eigenvalue weighted by atomic mass is 32.2. The molecule has 0 aliphatic carbocycles. The second-order valence-corrected chi connectivity index (χ2v) is 6.00. The molecule has 1 rings (SSSR count). The second-order valence-electron chi connectivity index (χ2n) is 4.99. The lowest BCUT2D eigenvalue weighted by atomic mass is 10.1. The van der Waals surface area contributed by atoms with Gasteiger partial charge in [-0.15, -0.1) is 0 Å². The quantitative estimate of drug-likeness (QED) is 0.779. The summed E-state index contributed by atoms with van der Waals surface area (Å²) in [4.78, 5) is 4.59. The van der Waals surface area contributed by atoms with Crippen LogP contribution in [0.5, 0.6) is 0 Å². The number of amidine groups is 1. The van der Waals surface area contributed by atoms with Gasteiger partial charge in [-0.1, -0.05) is 32.5 Å². The summed E-state index contributed by atoms with van der Waals surface area (Å²) in [7, 11) is 1.74. The van der Waals surface area contributed by atoms with Crippen LogP contribution in [-0.2, 0) is 4.74 Å². The van der Waals surface area contributed by atoms with Gasteiger partial charge in [0.1, 0.15) is 0 Å². The molecule has 1 aliphatic heterocycles. The Kier molecular flexibility index (Phi) is 6.21. The van der Waals surface area contributed by atoms with Gasteiger partial charge in [-0.2, -0.15) is 0 Å². The molecule has 2 atom stereocenters. The van der Waals surface area contributed by atoms with Gasteiger partial charge >= 0.3 is 0 Å². The highest BCUT2D eigenvalue weighted by Crippen LogP contribution is 2.19. The summed E-state index contributed by atoms with van der Waals surface area (Å²) in [6, 6.07) is 0.612. The largest absolute Gasteiger partial charge is 0.384 e. The van der Waals surface area contributed by atoms with Crippen molar-refractivity contribution < 1.29 is 4.74 Å². The third-order valence-corrected chi connectivity index (χ3v) is 3.59. The minimum Gasteiger partial charge on any atom is -0.384 e. The van der Waals surface area contributed by atoms with E-state index in [1.54, 1.807) is 7.11 Å². The van der Waals surface area contributed by atoms with E-state index in [-0.39, 0.29) is 0 Å². The van der Waals surface area contributed by atoms with E-state index in [0.717, 1.165) is 30.0 Å². The molecule has 2 unspecified atom stereocenters. The summed E-state index contributed by atoms with van der Waals surface area (Å²) < 4.78 is 5.10. The fourth-order valence-corrected chi connectivity index (χ4v) is 2.80. The summed E-state index contributed by atoms with van der Waals surface area (Å²) in [6.07, 6.45) is 1.24. The van der Waals surface area contributed by atoms with Gasteiger partial charge < -0.3 is 10.1 Å². The molecule has 16 heavy (non-hydrogen) atoms. The number of hydrogen-bond acceptors (Lipinski definition) is 3. The van der Waals surface area contributed by atoms with E-state index in [0.29, 0.717) is 12.0 Å². The molecule has 94 valence electrons. The number of methoxy groups -OCH3 is 1. The molecule has 0 saturated carbocycles. The number of nitrogens with zero attached hydrogens (tertiary/aromatic N) is 1. The Balaban J connectivity index is 2.26. The lowest BCUT2D eigenvalue weighted by molar-refractivity contribution is 0.163. The lowest BCUT2D eigenvalue weighted by Crippen LogP contribution is -2.28. The van der Waals surface area contributed by atoms with Crippen LogP contribution in [0.15, 0.2) is 4.99 Å². The lowest BCUT2D eigenvalue weighted by Gasteiger charge is -2.12. The molecule has 0 radical (unpaired) electrons. The number of aliphatic imine (C=N–C) groups is 1. The van der Waals surface area contributed by atoms with Gasteiger partial charge in [-0.25, -0.2) is 0 Å². The van der Waals surface area contributed by atoms with Gasteiger partial charge in [0.05, 0.1) is 6.61 Å². The smallest absolute Gasteiger partial charge is 0.156 e. The van der Waals surface area contributed by atoms with Crippen molar-refractivity contribution in [3.63, 3.8) is 0 Å². The van der Waals surface area contributed by atoms with E-state index >= 15 is 0 Å². The molecule has 1 saturated heterocycles. The van der Waals surface area contributed by atoms with Crippen LogP contribution in [0.1, 0.15) is 27.2 Å². The van der Waals surface area contributed by atoms with Crippen LogP contribution < -0.4 is 5.32 Å². The van der Waals surface area contributed by atoms with Crippen LogP contribution in [-0.4, -0.2) is 37.2 Å². The Morgan fingerprint density at radius 1 is 1.50 bits per heavy atom. The van der Waals surface area contributed by atoms with Crippen LogP contribution in [0.3, 0.4) is 0 Å². The Hall–Kier alpha value is -0.220. The zero-order chi connectivity index (χ0) is 12.0. The highest BCUT2D eigenvalue weighted by molar-refractivity contribution is 8.14. The van der Waals surface area contributed by atoms with Gasteiger partial charge in [0.25, 0.3) is 0 Å². The standard InChI is InChI=1S/C12H24N2OS/c1-9(2)5-11-8-16-12(14-11)13-6-10(3)7-15-4/h9-11H,5-8H2,1-4H3,(H,13,14). The first-order valence-electron chi connectivity index (χ1n) is 6.04. The predicted molar refractivity (Wildman–Crippen MR) is 72.2 cm³/mol. The Morgan fingerprint density at radius 3 is 2.88 bits per heavy atom. The van der Waals surface area contributed by atoms with E-state index in [1.165, 1.54) is 6.42 Å². The number of rotatable bonds is 6. The van der Waals surface area contributed by atoms with Crippen molar-refractivity contribution in [2.45, 2.75) is 33.2 Å². The van der Waals surface area contributed by atoms with Crippen molar-refractivity contribution in [2.24, 2.45) is 16.8 Å². The van der Waals surface area contributed by atoms with Gasteiger partial charge in [-0.3, -0.25) is 4.99 Å². The van der Waals surface area contributed by atoms with Crippen molar-refractivity contribution in [3.05, 3.63) is 0 Å². The van der Waals surface area contributed by atoms with Crippen LogP contribution in [0.25, 0.3) is 0 Å². The third kappa shape index (κ3) is 5.21. The first-order chi connectivity index (χ1) is 7.61. The van der Waals surface area contributed by atoms with E-state index in [9.17, 15) is 0 Å². The van der Waals surface area contributed by atoms with Gasteiger partial charge in [0.2, 0.25) is 0 Å². The number of thioether (sulfide) groups is 1. The molecule has 1 fully saturated rings. The second kappa shape index (κ2) is 7.17. The van der Waals surface area contributed by atoms with Crippen LogP contribution in [0, 0.1) is 11.8 Å². The molecule has 0 amide bonds. The van der Waals surface area contributed by atoms with E-state index in [1.807, 2.05) is 11.8 Å². The minimum absolute atomic E-state index is 0.504. The van der Waals surface area contributed by atoms with Crippen molar-refractivity contribution in [1.29, 1.82) is 0 Å². The van der Waals surface area contributed by atoms with Crippen molar-refractivity contribution in [2.75, 3.05) is 26.0 Å². The average Bonchev–Trinajstić information content (AvgIpc) is 2.62. The highest BCUT2D eigenvalue weighted by Gasteiger charge is 2.20. The van der Waals surface area contributed by atoms with Crippen LogP contribution in [0.2, 0.25) is 0 Å². The van der Waals surface area contributed by atoms with Crippen molar-refractivity contribution in [1.82, 2.24) is 5.32 Å². The molecule has 1 heterocycles. The number of hydrogen-bond donors (Lipinski definition) is 1. The molecule has 0 aromatic rings. The molecule has 4 heteroatoms. The van der Waals surface area contributed by atoms with E-state index in [2.05, 4.69) is 31.1 Å². The topological polar surface area (TPSA) is 33.6 Å². The fourth-order valence-electron chi connectivity index (χ4n) is 1.80. The minimum atomic E-state index is 0.504. The summed E-state index contributed by atoms with van der Waals surface area (Å²) in [5, 5.41) is 4.61. The molecule has 3 nitrogen and oxygen atoms in total. The van der Waals surface area contributed by atoms with Gasteiger partial charge in [0, 0.05) is 25.4 Å². The molecule has 0 aromatic heterocycles. The summed E-state index contributed by atoms with van der Waals surface area (Å²) >= 11 is 1.85. The van der Waals surface area contributed by atoms with Crippen molar-refractivity contribution >= 4 is 16.9 Å². The first kappa shape index (κ1) is 13.8. The molecule has 1 N–H and O–H groups in total.